The van der Waals surface area contributed by atoms with E-state index in [1.807, 2.05) is 6.92 Å². The minimum Gasteiger partial charge on any atom is -0.493 e. The Hall–Kier alpha value is -4.21. The minimum atomic E-state index is -2.10. The quantitative estimate of drug-likeness (QED) is 0.0341. The zero-order valence-corrected chi connectivity index (χ0v) is 57.5. The summed E-state index contributed by atoms with van der Waals surface area (Å²) in [6.07, 6.45) is -37.1. The van der Waals surface area contributed by atoms with E-state index in [9.17, 15) is 86.2 Å². The van der Waals surface area contributed by atoms with Crippen molar-refractivity contribution in [2.75, 3.05) is 34.0 Å². The maximum absolute atomic E-state index is 16.2. The molecule has 10 aliphatic rings. The number of benzene rings is 1. The van der Waals surface area contributed by atoms with Gasteiger partial charge < -0.3 is 138 Å². The number of carboxylic acid groups (broad SMARTS) is 1. The number of hydrogen-bond donors (Lipinski definition) is 15. The first-order valence-electron chi connectivity index (χ1n) is 34.6. The van der Waals surface area contributed by atoms with Crippen LogP contribution in [0.3, 0.4) is 0 Å². The summed E-state index contributed by atoms with van der Waals surface area (Å²) < 4.78 is 78.9. The van der Waals surface area contributed by atoms with Crippen molar-refractivity contribution in [2.45, 2.75) is 266 Å². The van der Waals surface area contributed by atoms with Crippen LogP contribution in [0.4, 0.5) is 0 Å². The molecule has 5 aliphatic carbocycles. The first-order valence-corrected chi connectivity index (χ1v) is 34.6. The smallest absolute Gasteiger partial charge is 0.331 e. The highest BCUT2D eigenvalue weighted by atomic mass is 16.8. The molecule has 0 aromatic heterocycles. The van der Waals surface area contributed by atoms with Crippen LogP contribution in [0, 0.1) is 50.7 Å². The first-order chi connectivity index (χ1) is 47.1. The molecule has 5 saturated heterocycles. The molecule has 0 unspecified atom stereocenters. The van der Waals surface area contributed by atoms with Crippen molar-refractivity contribution >= 4 is 24.0 Å². The number of methoxy groups -OCH3 is 2. The van der Waals surface area contributed by atoms with Gasteiger partial charge in [0.2, 0.25) is 6.29 Å². The Morgan fingerprint density at radius 1 is 0.550 bits per heavy atom. The van der Waals surface area contributed by atoms with E-state index in [0.717, 1.165) is 11.6 Å². The number of carbonyl (C=O) groups is 3. The van der Waals surface area contributed by atoms with E-state index in [-0.39, 0.29) is 30.1 Å². The number of aliphatic hydroxyl groups is 14. The van der Waals surface area contributed by atoms with Gasteiger partial charge in [0.05, 0.1) is 63.2 Å². The second-order valence-corrected chi connectivity index (χ2v) is 30.8. The first kappa shape index (κ1) is 76.9. The minimum absolute atomic E-state index is 0.0667. The number of aliphatic carboxylic acids is 1. The molecule has 1 aromatic rings. The zero-order chi connectivity index (χ0) is 72.8. The molecule has 15 N–H and O–H groups in total. The van der Waals surface area contributed by atoms with E-state index in [0.29, 0.717) is 62.0 Å². The SMILES string of the molecule is COc1ccc(/C=C\C(=O)O[C@@H]2[C@H](O[C@@H]3O[C@H](CO)[C@@H](O)[C@H](O)[C@H]3O)[C@@H](O[C@H]3O[C@@H](C)[C@H](O[C@@H]4OC[C@@H](O)[C@H](O)[C@H]4O)[C@@H](O)[C@H]3O)[C@H](OC(=O)[C@@]34CC[C@H]5C(=CC[C@H]6[C@@]7(C)C[C@H](O)[C@H](O[C@@H]8O[C@H](CO)[C@@H](O)[C@H](O)[C@H]8O)[C@@](C)(C(=O)O)[C@@H]7CC[C@]65C)[C@@H]3CC(C)(C)CC4)O[C@@H]2C)cc1OC. The standard InChI is InChI=1S/C69H102O31/c1-28-53(96-58-49(81)43(75)35(73)27-90-58)48(80)52(84)59(91-28)98-56-55(97-60-50(82)46(78)44(76)38(25-70)93-60)54(95-42(74)15-11-30-10-13-36(88-8)37(22-30)89-9)29(2)92-62(56)100-64(87)69-19-16-32-31(33(69)23-65(3,4)20-21-69)12-14-40-66(32,5)18-17-41-67(40,6)24-34(72)57(68(41,7)63(85)86)99-61-51(83)47(79)45(77)39(26-71)94-61/h10-13,15,22,28-29,32-35,38-41,43-62,70-73,75-84H,14,16-21,23-27H2,1-9H3,(H,85,86)/b15-11-/t28-,29+,32-,33-,34-,35+,38+,39+,40+,41+,43-,44+,45+,46-,47-,48-,49+,50+,51+,52+,53-,54-,55-,56+,57-,58-,59+,60-,61-,62-,66-,67+,68-,69+/m0/s1. The number of rotatable bonds is 18. The molecule has 31 nitrogen and oxygen atoms in total. The molecule has 0 amide bonds. The third-order valence-corrected chi connectivity index (χ3v) is 24.4. The number of aliphatic hydroxyl groups excluding tert-OH is 14. The number of hydrogen-bond acceptors (Lipinski definition) is 30. The summed E-state index contributed by atoms with van der Waals surface area (Å²) in [6.45, 7) is 10.7. The molecule has 100 heavy (non-hydrogen) atoms. The van der Waals surface area contributed by atoms with Crippen molar-refractivity contribution in [3.8, 4) is 11.5 Å². The van der Waals surface area contributed by atoms with Gasteiger partial charge in [-0.2, -0.15) is 0 Å². The Morgan fingerprint density at radius 2 is 1.13 bits per heavy atom. The number of ether oxygens (including phenoxy) is 13. The summed E-state index contributed by atoms with van der Waals surface area (Å²) in [5.74, 6) is -3.81. The summed E-state index contributed by atoms with van der Waals surface area (Å²) in [7, 11) is 2.88. The molecule has 4 saturated carbocycles. The lowest BCUT2D eigenvalue weighted by atomic mass is 9.36. The molecule has 564 valence electrons. The second-order valence-electron chi connectivity index (χ2n) is 30.8. The molecule has 1 aromatic carbocycles. The van der Waals surface area contributed by atoms with Gasteiger partial charge in [-0.3, -0.25) is 9.59 Å². The summed E-state index contributed by atoms with van der Waals surface area (Å²) in [5, 5.41) is 165. The summed E-state index contributed by atoms with van der Waals surface area (Å²) >= 11 is 0. The number of esters is 2. The molecule has 0 radical (unpaired) electrons. The van der Waals surface area contributed by atoms with Crippen LogP contribution in [0.25, 0.3) is 6.08 Å². The van der Waals surface area contributed by atoms with Crippen LogP contribution in [0.2, 0.25) is 0 Å². The van der Waals surface area contributed by atoms with Gasteiger partial charge in [-0.25, -0.2) is 4.79 Å². The lowest BCUT2D eigenvalue weighted by molar-refractivity contribution is -0.391. The molecule has 31 heteroatoms. The number of allylic oxidation sites excluding steroid dienone is 2. The Bertz CT molecular complexity index is 3110. The van der Waals surface area contributed by atoms with Crippen molar-refractivity contribution in [2.24, 2.45) is 50.7 Å². The van der Waals surface area contributed by atoms with Crippen LogP contribution in [-0.4, -0.2) is 288 Å². The molecule has 5 heterocycles. The van der Waals surface area contributed by atoms with Crippen LogP contribution < -0.4 is 9.47 Å². The maximum atomic E-state index is 16.2. The van der Waals surface area contributed by atoms with Gasteiger partial charge in [-0.05, 0) is 142 Å². The highest BCUT2D eigenvalue weighted by molar-refractivity contribution is 5.87. The summed E-state index contributed by atoms with van der Waals surface area (Å²) in [6, 6.07) is 4.83. The normalized spacial score (nSPS) is 48.6. The van der Waals surface area contributed by atoms with Gasteiger partial charge >= 0.3 is 17.9 Å². The predicted molar refractivity (Wildman–Crippen MR) is 338 cm³/mol. The number of carbonyl (C=O) groups excluding carboxylic acids is 2. The molecule has 9 fully saturated rings. The van der Waals surface area contributed by atoms with Crippen molar-refractivity contribution < 1.29 is 153 Å². The van der Waals surface area contributed by atoms with E-state index >= 15 is 4.79 Å². The van der Waals surface area contributed by atoms with Crippen molar-refractivity contribution in [1.82, 2.24) is 0 Å². The van der Waals surface area contributed by atoms with Gasteiger partial charge in [-0.1, -0.05) is 45.4 Å². The van der Waals surface area contributed by atoms with E-state index in [1.54, 1.807) is 18.2 Å². The van der Waals surface area contributed by atoms with Crippen LogP contribution >= 0.6 is 0 Å². The Kier molecular flexibility index (Phi) is 22.8. The molecule has 0 spiro atoms. The largest absolute Gasteiger partial charge is 0.493 e. The summed E-state index contributed by atoms with van der Waals surface area (Å²) in [4.78, 5) is 44.3. The maximum Gasteiger partial charge on any atom is 0.331 e. The molecule has 34 atom stereocenters. The molecular formula is C69H102O31. The van der Waals surface area contributed by atoms with E-state index in [4.69, 9.17) is 61.6 Å². The molecule has 0 bridgehead atoms. The fourth-order valence-electron chi connectivity index (χ4n) is 18.8. The van der Waals surface area contributed by atoms with E-state index < -0.39 is 231 Å². The average Bonchev–Trinajstić information content (AvgIpc) is 0.683. The monoisotopic (exact) mass is 1430 g/mol. The number of fused-ring (bicyclic) bond motifs is 7. The number of carboxylic acids is 1. The van der Waals surface area contributed by atoms with E-state index in [2.05, 4.69) is 26.8 Å². The topological polar surface area (TPSA) is 475 Å². The molecule has 11 rings (SSSR count). The fraction of sp³-hybridized carbons (Fsp3) is 0.812. The Morgan fingerprint density at radius 3 is 1.76 bits per heavy atom. The average molecular weight is 1430 g/mol. The van der Waals surface area contributed by atoms with Crippen molar-refractivity contribution in [1.29, 1.82) is 0 Å². The van der Waals surface area contributed by atoms with Crippen LogP contribution in [0.5, 0.6) is 11.5 Å². The van der Waals surface area contributed by atoms with Crippen molar-refractivity contribution in [3.63, 3.8) is 0 Å². The third-order valence-electron chi connectivity index (χ3n) is 24.4. The lowest BCUT2D eigenvalue weighted by Crippen LogP contribution is -2.69. The van der Waals surface area contributed by atoms with Gasteiger partial charge in [0.1, 0.15) is 97.7 Å². The Labute approximate surface area is 578 Å². The van der Waals surface area contributed by atoms with Gasteiger partial charge in [0.15, 0.2) is 48.9 Å². The fourth-order valence-corrected chi connectivity index (χ4v) is 18.8. The highest BCUT2D eigenvalue weighted by Crippen LogP contribution is 2.73. The van der Waals surface area contributed by atoms with Crippen LogP contribution in [0.1, 0.15) is 112 Å². The van der Waals surface area contributed by atoms with Crippen LogP contribution in [0.15, 0.2) is 35.9 Å². The van der Waals surface area contributed by atoms with Crippen LogP contribution in [-0.2, 0) is 66.5 Å². The zero-order valence-electron chi connectivity index (χ0n) is 57.5. The van der Waals surface area contributed by atoms with E-state index in [1.165, 1.54) is 41.1 Å². The highest BCUT2D eigenvalue weighted by Gasteiger charge is 2.71. The van der Waals surface area contributed by atoms with Gasteiger partial charge in [-0.15, -0.1) is 0 Å². The van der Waals surface area contributed by atoms with Gasteiger partial charge in [0, 0.05) is 6.08 Å². The second kappa shape index (κ2) is 29.6. The van der Waals surface area contributed by atoms with Crippen molar-refractivity contribution in [3.05, 3.63) is 41.5 Å². The molecule has 5 aliphatic heterocycles. The third kappa shape index (κ3) is 13.7. The summed E-state index contributed by atoms with van der Waals surface area (Å²) in [5.41, 5.74) is -3.36. The van der Waals surface area contributed by atoms with Gasteiger partial charge in [0.25, 0.3) is 0 Å². The predicted octanol–water partition coefficient (Wildman–Crippen LogP) is -1.59. The molecular weight excluding hydrogens is 1320 g/mol. The Balaban J connectivity index is 0.926. The lowest BCUT2D eigenvalue weighted by Gasteiger charge is -2.68.